The van der Waals surface area contributed by atoms with Gasteiger partial charge in [-0.3, -0.25) is 4.79 Å². The number of hydrogen-bond donors (Lipinski definition) is 3. The van der Waals surface area contributed by atoms with Gasteiger partial charge in [0.2, 0.25) is 0 Å². The first kappa shape index (κ1) is 14.2. The summed E-state index contributed by atoms with van der Waals surface area (Å²) in [7, 11) is 0. The maximum absolute atomic E-state index is 11.4. The van der Waals surface area contributed by atoms with Crippen LogP contribution < -0.4 is 16.4 Å². The number of para-hydroxylation sites is 2. The third-order valence-electron chi connectivity index (χ3n) is 2.69. The van der Waals surface area contributed by atoms with Gasteiger partial charge in [0, 0.05) is 11.4 Å². The Labute approximate surface area is 122 Å². The molecule has 0 saturated carbocycles. The van der Waals surface area contributed by atoms with E-state index in [9.17, 15) is 4.79 Å². The maximum atomic E-state index is 11.4. The number of nitrogens with two attached hydrogens (primary N) is 1. The Morgan fingerprint density at radius 2 is 1.33 bits per heavy atom. The predicted octanol–water partition coefficient (Wildman–Crippen LogP) is 2.43. The van der Waals surface area contributed by atoms with E-state index in [2.05, 4.69) is 10.6 Å². The molecule has 0 spiro atoms. The monoisotopic (exact) mass is 278 g/mol. The molecule has 0 aliphatic carbocycles. The minimum atomic E-state index is -0.792. The Morgan fingerprint density at radius 3 is 1.67 bits per heavy atom. The lowest BCUT2D eigenvalue weighted by Gasteiger charge is -2.14. The van der Waals surface area contributed by atoms with E-state index in [1.165, 1.54) is 0 Å². The summed E-state index contributed by atoms with van der Waals surface area (Å²) in [4.78, 5) is 11.4. The average Bonchev–Trinajstić information content (AvgIpc) is 2.49. The Balaban J connectivity index is 2.36. The number of benzene rings is 2. The normalized spacial score (nSPS) is 9.29. The highest BCUT2D eigenvalue weighted by Crippen LogP contribution is 2.15. The van der Waals surface area contributed by atoms with Crippen molar-refractivity contribution >= 4 is 17.3 Å². The number of nitrogens with zero attached hydrogens (tertiary/aromatic N) is 1. The van der Waals surface area contributed by atoms with E-state index in [1.807, 2.05) is 66.7 Å². The van der Waals surface area contributed by atoms with Crippen LogP contribution in [-0.2, 0) is 4.79 Å². The Hall–Kier alpha value is -3.26. The average molecular weight is 278 g/mol. The van der Waals surface area contributed by atoms with Crippen molar-refractivity contribution in [2.45, 2.75) is 0 Å². The van der Waals surface area contributed by atoms with Crippen LogP contribution >= 0.6 is 0 Å². The van der Waals surface area contributed by atoms with Crippen molar-refractivity contribution in [3.05, 3.63) is 72.1 Å². The summed E-state index contributed by atoms with van der Waals surface area (Å²) in [5.74, 6) is -0.540. The highest BCUT2D eigenvalue weighted by atomic mass is 16.1. The van der Waals surface area contributed by atoms with Crippen LogP contribution in [0.4, 0.5) is 11.4 Å². The number of hydrogen-bond acceptors (Lipinski definition) is 4. The second-order valence-electron chi connectivity index (χ2n) is 4.21. The van der Waals surface area contributed by atoms with E-state index in [-0.39, 0.29) is 11.4 Å². The van der Waals surface area contributed by atoms with Gasteiger partial charge in [0.05, 0.1) is 0 Å². The van der Waals surface area contributed by atoms with E-state index in [1.54, 1.807) is 0 Å². The molecule has 0 aromatic heterocycles. The first-order chi connectivity index (χ1) is 10.2. The molecule has 0 unspecified atom stereocenters. The molecule has 0 atom stereocenters. The number of rotatable bonds is 5. The summed E-state index contributed by atoms with van der Waals surface area (Å²) in [6, 6.07) is 20.2. The number of nitriles is 1. The number of nitrogens with one attached hydrogen (secondary N) is 2. The summed E-state index contributed by atoms with van der Waals surface area (Å²) in [6.07, 6.45) is 0. The molecule has 0 aliphatic rings. The van der Waals surface area contributed by atoms with Crippen LogP contribution in [0.1, 0.15) is 0 Å². The molecule has 0 bridgehead atoms. The van der Waals surface area contributed by atoms with Crippen LogP contribution in [0.25, 0.3) is 0 Å². The number of amides is 1. The minimum absolute atomic E-state index is 0.164. The quantitative estimate of drug-likeness (QED) is 0.578. The van der Waals surface area contributed by atoms with Crippen LogP contribution in [0.15, 0.2) is 72.1 Å². The van der Waals surface area contributed by atoms with Gasteiger partial charge in [0.15, 0.2) is 5.57 Å². The summed E-state index contributed by atoms with van der Waals surface area (Å²) in [6.45, 7) is 0. The van der Waals surface area contributed by atoms with Crippen LogP contribution in [-0.4, -0.2) is 5.91 Å². The number of primary amides is 1. The molecule has 2 aromatic carbocycles. The first-order valence-electron chi connectivity index (χ1n) is 6.29. The van der Waals surface area contributed by atoms with Crippen molar-refractivity contribution in [2.24, 2.45) is 5.73 Å². The fourth-order valence-electron chi connectivity index (χ4n) is 1.72. The summed E-state index contributed by atoms with van der Waals surface area (Å²) < 4.78 is 0. The number of anilines is 2. The zero-order valence-corrected chi connectivity index (χ0v) is 11.2. The SMILES string of the molecule is N#CC(C(N)=O)=C(Nc1ccccc1)Nc1ccccc1. The molecule has 0 saturated heterocycles. The fraction of sp³-hybridized carbons (Fsp3) is 0. The molecule has 2 rings (SSSR count). The summed E-state index contributed by atoms with van der Waals surface area (Å²) in [5, 5.41) is 15.1. The van der Waals surface area contributed by atoms with Crippen LogP contribution in [0, 0.1) is 11.3 Å². The lowest BCUT2D eigenvalue weighted by atomic mass is 10.2. The predicted molar refractivity (Wildman–Crippen MR) is 82.0 cm³/mol. The molecule has 0 radical (unpaired) electrons. The fourth-order valence-corrected chi connectivity index (χ4v) is 1.72. The van der Waals surface area contributed by atoms with E-state index in [4.69, 9.17) is 11.0 Å². The van der Waals surface area contributed by atoms with E-state index in [0.29, 0.717) is 0 Å². The highest BCUT2D eigenvalue weighted by molar-refractivity contribution is 5.97. The molecule has 4 N–H and O–H groups in total. The minimum Gasteiger partial charge on any atom is -0.365 e. The van der Waals surface area contributed by atoms with Crippen LogP contribution in [0.5, 0.6) is 0 Å². The van der Waals surface area contributed by atoms with Gasteiger partial charge in [0.25, 0.3) is 5.91 Å². The van der Waals surface area contributed by atoms with Gasteiger partial charge in [0.1, 0.15) is 11.9 Å². The molecule has 2 aromatic rings. The Kier molecular flexibility index (Phi) is 4.57. The first-order valence-corrected chi connectivity index (χ1v) is 6.29. The maximum Gasteiger partial charge on any atom is 0.263 e. The van der Waals surface area contributed by atoms with Gasteiger partial charge in [-0.15, -0.1) is 0 Å². The third-order valence-corrected chi connectivity index (χ3v) is 2.69. The molecule has 21 heavy (non-hydrogen) atoms. The van der Waals surface area contributed by atoms with Gasteiger partial charge < -0.3 is 16.4 Å². The Bertz CT molecular complexity index is 644. The van der Waals surface area contributed by atoms with Crippen LogP contribution in [0.3, 0.4) is 0 Å². The summed E-state index contributed by atoms with van der Waals surface area (Å²) in [5.41, 5.74) is 6.57. The van der Waals surface area contributed by atoms with Gasteiger partial charge in [-0.1, -0.05) is 36.4 Å². The van der Waals surface area contributed by atoms with Gasteiger partial charge in [-0.25, -0.2) is 0 Å². The van der Waals surface area contributed by atoms with E-state index >= 15 is 0 Å². The highest BCUT2D eigenvalue weighted by Gasteiger charge is 2.13. The lowest BCUT2D eigenvalue weighted by Crippen LogP contribution is -2.21. The molecule has 0 aliphatic heterocycles. The number of carbonyl (C=O) groups is 1. The standard InChI is InChI=1S/C16H14N4O/c17-11-14(15(18)21)16(19-12-7-3-1-4-8-12)20-13-9-5-2-6-10-13/h1-10,19-20H,(H2,18,21). The molecule has 0 heterocycles. The van der Waals surface area contributed by atoms with E-state index < -0.39 is 5.91 Å². The van der Waals surface area contributed by atoms with Crippen molar-refractivity contribution < 1.29 is 4.79 Å². The van der Waals surface area contributed by atoms with Gasteiger partial charge >= 0.3 is 0 Å². The largest absolute Gasteiger partial charge is 0.365 e. The smallest absolute Gasteiger partial charge is 0.263 e. The molecule has 104 valence electrons. The molecule has 0 fully saturated rings. The second-order valence-corrected chi connectivity index (χ2v) is 4.21. The van der Waals surface area contributed by atoms with Crippen LogP contribution in [0.2, 0.25) is 0 Å². The third kappa shape index (κ3) is 3.85. The molecular weight excluding hydrogens is 264 g/mol. The van der Waals surface area contributed by atoms with Crippen molar-refractivity contribution in [1.29, 1.82) is 5.26 Å². The molecule has 1 amide bonds. The Morgan fingerprint density at radius 1 is 0.905 bits per heavy atom. The number of carbonyl (C=O) groups excluding carboxylic acids is 1. The molecule has 5 heteroatoms. The molecule has 5 nitrogen and oxygen atoms in total. The second kappa shape index (κ2) is 6.78. The van der Waals surface area contributed by atoms with Gasteiger partial charge in [-0.05, 0) is 24.3 Å². The topological polar surface area (TPSA) is 90.9 Å². The van der Waals surface area contributed by atoms with Crippen molar-refractivity contribution in [2.75, 3.05) is 10.6 Å². The summed E-state index contributed by atoms with van der Waals surface area (Å²) >= 11 is 0. The van der Waals surface area contributed by atoms with Gasteiger partial charge in [-0.2, -0.15) is 5.26 Å². The van der Waals surface area contributed by atoms with Crippen molar-refractivity contribution in [3.63, 3.8) is 0 Å². The molecular formula is C16H14N4O. The van der Waals surface area contributed by atoms with Crippen molar-refractivity contribution in [3.8, 4) is 6.07 Å². The van der Waals surface area contributed by atoms with Crippen molar-refractivity contribution in [1.82, 2.24) is 0 Å². The zero-order valence-electron chi connectivity index (χ0n) is 11.2. The van der Waals surface area contributed by atoms with E-state index in [0.717, 1.165) is 11.4 Å². The zero-order chi connectivity index (χ0) is 15.1. The lowest BCUT2D eigenvalue weighted by molar-refractivity contribution is -0.114.